The summed E-state index contributed by atoms with van der Waals surface area (Å²) in [6, 6.07) is 6.79. The lowest BCUT2D eigenvalue weighted by Gasteiger charge is -2.05. The lowest BCUT2D eigenvalue weighted by Crippen LogP contribution is -2.37. The zero-order valence-electron chi connectivity index (χ0n) is 22.9. The first-order chi connectivity index (χ1) is 16.4. The second-order valence-corrected chi connectivity index (χ2v) is 10.6. The molecule has 0 aliphatic rings. The van der Waals surface area contributed by atoms with Crippen LogP contribution in [0, 0.1) is 0 Å². The van der Waals surface area contributed by atoms with Crippen LogP contribution < -0.4 is 4.57 Å². The highest BCUT2D eigenvalue weighted by atomic mass is 14.9. The average molecular weight is 459 g/mol. The fourth-order valence-corrected chi connectivity index (χ4v) is 5.05. The second kappa shape index (κ2) is 24.3. The van der Waals surface area contributed by atoms with Gasteiger partial charge in [0.25, 0.3) is 0 Å². The minimum atomic E-state index is 1.21. The van der Waals surface area contributed by atoms with Crippen molar-refractivity contribution in [2.45, 2.75) is 174 Å². The van der Waals surface area contributed by atoms with E-state index in [2.05, 4.69) is 42.8 Å². The van der Waals surface area contributed by atoms with Crippen LogP contribution in [-0.2, 0) is 13.0 Å². The van der Waals surface area contributed by atoms with Crippen LogP contribution in [0.3, 0.4) is 0 Å². The lowest BCUT2D eigenvalue weighted by atomic mass is 10.0. The molecule has 1 aromatic heterocycles. The Bertz CT molecular complexity index is 509. The highest BCUT2D eigenvalue weighted by Crippen LogP contribution is 2.14. The fraction of sp³-hybridized carbons (Fsp3) is 0.844. The zero-order valence-corrected chi connectivity index (χ0v) is 22.9. The summed E-state index contributed by atoms with van der Waals surface area (Å²) in [6.07, 6.45) is 36.5. The van der Waals surface area contributed by atoms with E-state index in [0.717, 1.165) is 0 Å². The minimum Gasteiger partial charge on any atom is -0.202 e. The van der Waals surface area contributed by atoms with E-state index in [9.17, 15) is 0 Å². The quantitative estimate of drug-likeness (QED) is 0.101. The molecule has 1 aromatic rings. The van der Waals surface area contributed by atoms with Crippen LogP contribution in [0.5, 0.6) is 0 Å². The van der Waals surface area contributed by atoms with Gasteiger partial charge in [0.15, 0.2) is 11.9 Å². The van der Waals surface area contributed by atoms with E-state index in [1.165, 1.54) is 161 Å². The first-order valence-electron chi connectivity index (χ1n) is 15.4. The standard InChI is InChI=1S/C32H60N/c1-3-5-7-9-11-12-13-14-15-16-17-18-19-20-22-24-28-32-29-25-27-31-33(32)30-26-23-21-10-8-6-4-2/h25,27,29,31H,3-24,26,28,30H2,1-2H3/q+1. The Morgan fingerprint density at radius 3 is 1.30 bits per heavy atom. The molecule has 1 nitrogen and oxygen atoms in total. The van der Waals surface area contributed by atoms with Crippen LogP contribution in [0.25, 0.3) is 0 Å². The molecule has 0 fully saturated rings. The molecule has 0 saturated heterocycles. The smallest absolute Gasteiger partial charge is 0.181 e. The van der Waals surface area contributed by atoms with Gasteiger partial charge in [0.2, 0.25) is 0 Å². The van der Waals surface area contributed by atoms with Gasteiger partial charge in [-0.2, -0.15) is 0 Å². The lowest BCUT2D eigenvalue weighted by molar-refractivity contribution is -0.704. The number of unbranched alkanes of at least 4 members (excludes halogenated alkanes) is 21. The van der Waals surface area contributed by atoms with Gasteiger partial charge < -0.3 is 0 Å². The summed E-state index contributed by atoms with van der Waals surface area (Å²) in [4.78, 5) is 0. The highest BCUT2D eigenvalue weighted by molar-refractivity contribution is 4.97. The maximum Gasteiger partial charge on any atom is 0.181 e. The minimum absolute atomic E-state index is 1.21. The molecule has 0 unspecified atom stereocenters. The van der Waals surface area contributed by atoms with Crippen LogP contribution in [0.4, 0.5) is 0 Å². The predicted octanol–water partition coefficient (Wildman–Crippen LogP) is 10.5. The summed E-state index contributed by atoms with van der Waals surface area (Å²) in [5.74, 6) is 0. The van der Waals surface area contributed by atoms with Gasteiger partial charge in [0, 0.05) is 25.0 Å². The summed E-state index contributed by atoms with van der Waals surface area (Å²) in [5, 5.41) is 0. The van der Waals surface area contributed by atoms with Crippen LogP contribution in [0.2, 0.25) is 0 Å². The Kier molecular flexibility index (Phi) is 22.2. The zero-order chi connectivity index (χ0) is 23.7. The van der Waals surface area contributed by atoms with Gasteiger partial charge in [-0.1, -0.05) is 148 Å². The first kappa shape index (κ1) is 30.2. The van der Waals surface area contributed by atoms with Crippen molar-refractivity contribution in [1.82, 2.24) is 0 Å². The molecular formula is C32H60N+. The van der Waals surface area contributed by atoms with E-state index >= 15 is 0 Å². The number of aryl methyl sites for hydroxylation is 2. The molecule has 1 rings (SSSR count). The van der Waals surface area contributed by atoms with Crippen LogP contribution >= 0.6 is 0 Å². The van der Waals surface area contributed by atoms with Crippen LogP contribution in [0.15, 0.2) is 24.4 Å². The third-order valence-corrected chi connectivity index (χ3v) is 7.32. The normalized spacial score (nSPS) is 11.3. The van der Waals surface area contributed by atoms with Gasteiger partial charge in [-0.15, -0.1) is 0 Å². The Morgan fingerprint density at radius 1 is 0.455 bits per heavy atom. The van der Waals surface area contributed by atoms with Crippen molar-refractivity contribution in [2.24, 2.45) is 0 Å². The molecule has 0 aliphatic heterocycles. The van der Waals surface area contributed by atoms with Crippen molar-refractivity contribution in [2.75, 3.05) is 0 Å². The number of nitrogens with zero attached hydrogens (tertiary/aromatic N) is 1. The van der Waals surface area contributed by atoms with E-state index < -0.39 is 0 Å². The first-order valence-corrected chi connectivity index (χ1v) is 15.4. The van der Waals surface area contributed by atoms with Crippen molar-refractivity contribution < 1.29 is 4.57 Å². The van der Waals surface area contributed by atoms with Gasteiger partial charge in [-0.05, 0) is 12.8 Å². The van der Waals surface area contributed by atoms with Crippen molar-refractivity contribution in [3.05, 3.63) is 30.1 Å². The number of rotatable bonds is 25. The Morgan fingerprint density at radius 2 is 0.848 bits per heavy atom. The summed E-state index contributed by atoms with van der Waals surface area (Å²) in [7, 11) is 0. The molecule has 0 saturated carbocycles. The second-order valence-electron chi connectivity index (χ2n) is 10.6. The average Bonchev–Trinajstić information content (AvgIpc) is 2.84. The molecule has 0 aliphatic carbocycles. The van der Waals surface area contributed by atoms with Crippen molar-refractivity contribution in [1.29, 1.82) is 0 Å². The SMILES string of the molecule is CCCCCCCCCCCCCCCCCCc1cccc[n+]1CCCCCCCCC. The third kappa shape index (κ3) is 19.2. The van der Waals surface area contributed by atoms with Crippen LogP contribution in [0.1, 0.15) is 167 Å². The summed E-state index contributed by atoms with van der Waals surface area (Å²) in [6.45, 7) is 5.81. The molecule has 0 radical (unpaired) electrons. The van der Waals surface area contributed by atoms with Crippen LogP contribution in [-0.4, -0.2) is 0 Å². The topological polar surface area (TPSA) is 3.88 Å². The number of pyridine rings is 1. The fourth-order valence-electron chi connectivity index (χ4n) is 5.05. The van der Waals surface area contributed by atoms with Crippen molar-refractivity contribution in [3.8, 4) is 0 Å². The van der Waals surface area contributed by atoms with Gasteiger partial charge in [-0.25, -0.2) is 4.57 Å². The molecule has 1 heterocycles. The summed E-state index contributed by atoms with van der Waals surface area (Å²) >= 11 is 0. The molecule has 33 heavy (non-hydrogen) atoms. The number of hydrogen-bond donors (Lipinski definition) is 0. The molecule has 0 amide bonds. The highest BCUT2D eigenvalue weighted by Gasteiger charge is 2.08. The van der Waals surface area contributed by atoms with E-state index in [1.807, 2.05) is 0 Å². The number of hydrogen-bond acceptors (Lipinski definition) is 0. The summed E-state index contributed by atoms with van der Waals surface area (Å²) < 4.78 is 2.53. The molecule has 192 valence electrons. The Balaban J connectivity index is 1.92. The molecule has 0 N–H and O–H groups in total. The van der Waals surface area contributed by atoms with Gasteiger partial charge in [-0.3, -0.25) is 0 Å². The van der Waals surface area contributed by atoms with E-state index in [0.29, 0.717) is 0 Å². The third-order valence-electron chi connectivity index (χ3n) is 7.32. The largest absolute Gasteiger partial charge is 0.202 e. The maximum atomic E-state index is 2.53. The maximum absolute atomic E-state index is 2.53. The van der Waals surface area contributed by atoms with Gasteiger partial charge in [0.1, 0.15) is 6.54 Å². The predicted molar refractivity (Wildman–Crippen MR) is 148 cm³/mol. The monoisotopic (exact) mass is 458 g/mol. The molecular weight excluding hydrogens is 398 g/mol. The van der Waals surface area contributed by atoms with Crippen molar-refractivity contribution in [3.63, 3.8) is 0 Å². The van der Waals surface area contributed by atoms with Gasteiger partial charge in [0.05, 0.1) is 0 Å². The Labute approximate surface area is 209 Å². The molecule has 0 atom stereocenters. The van der Waals surface area contributed by atoms with E-state index in [-0.39, 0.29) is 0 Å². The molecule has 0 aromatic carbocycles. The van der Waals surface area contributed by atoms with Gasteiger partial charge >= 0.3 is 0 Å². The Hall–Kier alpha value is -0.850. The molecule has 0 spiro atoms. The summed E-state index contributed by atoms with van der Waals surface area (Å²) in [5.41, 5.74) is 1.55. The van der Waals surface area contributed by atoms with E-state index in [1.54, 1.807) is 5.69 Å². The number of aromatic nitrogens is 1. The van der Waals surface area contributed by atoms with Crippen molar-refractivity contribution >= 4 is 0 Å². The van der Waals surface area contributed by atoms with E-state index in [4.69, 9.17) is 0 Å². The molecule has 0 bridgehead atoms. The molecule has 1 heteroatoms.